The van der Waals surface area contributed by atoms with Crippen molar-refractivity contribution in [2.75, 3.05) is 26.1 Å². The first-order valence-electron chi connectivity index (χ1n) is 8.51. The summed E-state index contributed by atoms with van der Waals surface area (Å²) in [5.41, 5.74) is 1.62. The Morgan fingerprint density at radius 3 is 2.44 bits per heavy atom. The van der Waals surface area contributed by atoms with Crippen LogP contribution in [0.3, 0.4) is 0 Å². The van der Waals surface area contributed by atoms with E-state index in [4.69, 9.17) is 14.2 Å². The normalized spacial score (nSPS) is 10.3. The van der Waals surface area contributed by atoms with Crippen molar-refractivity contribution in [1.29, 1.82) is 0 Å². The molecule has 1 heterocycles. The van der Waals surface area contributed by atoms with Crippen LogP contribution < -0.4 is 19.5 Å². The van der Waals surface area contributed by atoms with E-state index in [2.05, 4.69) is 5.32 Å². The van der Waals surface area contributed by atoms with Gasteiger partial charge in [-0.25, -0.2) is 0 Å². The lowest BCUT2D eigenvalue weighted by Gasteiger charge is -2.11. The van der Waals surface area contributed by atoms with Gasteiger partial charge < -0.3 is 19.5 Å². The van der Waals surface area contributed by atoms with Crippen LogP contribution in [0.4, 0.5) is 5.69 Å². The van der Waals surface area contributed by atoms with Crippen LogP contribution in [0.15, 0.2) is 54.6 Å². The zero-order valence-corrected chi connectivity index (χ0v) is 16.3. The summed E-state index contributed by atoms with van der Waals surface area (Å²) in [6, 6.07) is 17.1. The second-order valence-electron chi connectivity index (χ2n) is 5.62. The molecule has 0 saturated heterocycles. The maximum atomic E-state index is 12.9. The number of nitrogens with one attached hydrogen (secondary N) is 1. The first-order chi connectivity index (χ1) is 13.2. The summed E-state index contributed by atoms with van der Waals surface area (Å²) < 4.78 is 16.2. The fraction of sp³-hybridized carbons (Fsp3) is 0.190. The van der Waals surface area contributed by atoms with Gasteiger partial charge in [0.2, 0.25) is 0 Å². The molecule has 0 bridgehead atoms. The van der Waals surface area contributed by atoms with Crippen molar-refractivity contribution >= 4 is 22.9 Å². The Labute approximate surface area is 162 Å². The van der Waals surface area contributed by atoms with Crippen LogP contribution in [0.5, 0.6) is 17.2 Å². The van der Waals surface area contributed by atoms with Gasteiger partial charge in [0.25, 0.3) is 5.91 Å². The third-order valence-corrected chi connectivity index (χ3v) is 5.08. The maximum absolute atomic E-state index is 12.9. The highest BCUT2D eigenvalue weighted by Crippen LogP contribution is 2.37. The number of anilines is 1. The van der Waals surface area contributed by atoms with Gasteiger partial charge in [0, 0.05) is 10.9 Å². The number of benzene rings is 2. The Bertz CT molecular complexity index is 921. The van der Waals surface area contributed by atoms with Gasteiger partial charge in [-0.15, -0.1) is 11.3 Å². The zero-order chi connectivity index (χ0) is 19.2. The van der Waals surface area contributed by atoms with Crippen molar-refractivity contribution in [1.82, 2.24) is 0 Å². The van der Waals surface area contributed by atoms with Gasteiger partial charge in [0.1, 0.15) is 22.1 Å². The summed E-state index contributed by atoms with van der Waals surface area (Å²) in [6.45, 7) is 2.38. The lowest BCUT2D eigenvalue weighted by atomic mass is 10.2. The molecule has 5 nitrogen and oxygen atoms in total. The molecule has 0 aliphatic rings. The van der Waals surface area contributed by atoms with Crippen LogP contribution in [0.2, 0.25) is 0 Å². The predicted octanol–water partition coefficient (Wildman–Crippen LogP) is 5.08. The average Bonchev–Trinajstić information content (AvgIpc) is 3.13. The van der Waals surface area contributed by atoms with Crippen LogP contribution in [0.25, 0.3) is 10.4 Å². The van der Waals surface area contributed by atoms with E-state index in [-0.39, 0.29) is 5.91 Å². The van der Waals surface area contributed by atoms with Crippen molar-refractivity contribution in [3.05, 3.63) is 59.5 Å². The number of amides is 1. The monoisotopic (exact) mass is 383 g/mol. The molecule has 1 N–H and O–H groups in total. The lowest BCUT2D eigenvalue weighted by molar-refractivity contribution is 0.102. The van der Waals surface area contributed by atoms with Gasteiger partial charge >= 0.3 is 0 Å². The van der Waals surface area contributed by atoms with E-state index in [9.17, 15) is 4.79 Å². The quantitative estimate of drug-likeness (QED) is 0.618. The molecular formula is C21H21NO4S. The van der Waals surface area contributed by atoms with E-state index in [0.717, 1.165) is 10.4 Å². The average molecular weight is 383 g/mol. The van der Waals surface area contributed by atoms with Gasteiger partial charge in [-0.2, -0.15) is 0 Å². The minimum atomic E-state index is -0.242. The smallest absolute Gasteiger partial charge is 0.269 e. The van der Waals surface area contributed by atoms with Crippen molar-refractivity contribution < 1.29 is 19.0 Å². The third-order valence-electron chi connectivity index (χ3n) is 3.92. The summed E-state index contributed by atoms with van der Waals surface area (Å²) in [6.07, 6.45) is 0. The summed E-state index contributed by atoms with van der Waals surface area (Å²) in [5, 5.41) is 2.90. The third kappa shape index (κ3) is 4.23. The Morgan fingerprint density at radius 2 is 1.78 bits per heavy atom. The van der Waals surface area contributed by atoms with Crippen molar-refractivity contribution in [3.8, 4) is 27.7 Å². The Hall–Kier alpha value is -2.99. The minimum Gasteiger partial charge on any atom is -0.497 e. The standard InChI is InChI=1S/C21H21NO4S/c1-4-26-18-13-19(14-8-6-5-7-9-14)27-20(18)21(23)22-16-11-10-15(24-2)12-17(16)25-3/h5-13H,4H2,1-3H3,(H,22,23). The molecule has 0 atom stereocenters. The largest absolute Gasteiger partial charge is 0.497 e. The highest BCUT2D eigenvalue weighted by Gasteiger charge is 2.20. The molecule has 140 valence electrons. The number of thiophene rings is 1. The Balaban J connectivity index is 1.91. The molecular weight excluding hydrogens is 362 g/mol. The van der Waals surface area contributed by atoms with E-state index in [0.29, 0.717) is 34.4 Å². The molecule has 1 aromatic heterocycles. The first-order valence-corrected chi connectivity index (χ1v) is 9.33. The van der Waals surface area contributed by atoms with Crippen molar-refractivity contribution in [2.45, 2.75) is 6.92 Å². The second-order valence-corrected chi connectivity index (χ2v) is 6.68. The molecule has 0 saturated carbocycles. The van der Waals surface area contributed by atoms with Gasteiger partial charge in [-0.05, 0) is 30.7 Å². The van der Waals surface area contributed by atoms with E-state index in [1.807, 2.05) is 43.3 Å². The number of rotatable bonds is 7. The Kier molecular flexibility index (Phi) is 5.98. The number of ether oxygens (including phenoxy) is 3. The van der Waals surface area contributed by atoms with Crippen molar-refractivity contribution in [2.24, 2.45) is 0 Å². The molecule has 1 amide bonds. The van der Waals surface area contributed by atoms with Crippen LogP contribution >= 0.6 is 11.3 Å². The molecule has 0 spiro atoms. The summed E-state index contributed by atoms with van der Waals surface area (Å²) in [5.74, 6) is 1.52. The zero-order valence-electron chi connectivity index (χ0n) is 15.4. The number of hydrogen-bond donors (Lipinski definition) is 1. The van der Waals surface area contributed by atoms with Crippen LogP contribution in [0, 0.1) is 0 Å². The molecule has 6 heteroatoms. The van der Waals surface area contributed by atoms with Crippen LogP contribution in [0.1, 0.15) is 16.6 Å². The van der Waals surface area contributed by atoms with Gasteiger partial charge in [0.05, 0.1) is 26.5 Å². The molecule has 27 heavy (non-hydrogen) atoms. The number of carbonyl (C=O) groups excluding carboxylic acids is 1. The fourth-order valence-electron chi connectivity index (χ4n) is 2.62. The summed E-state index contributed by atoms with van der Waals surface area (Å²) in [4.78, 5) is 14.4. The summed E-state index contributed by atoms with van der Waals surface area (Å²) >= 11 is 1.40. The fourth-order valence-corrected chi connectivity index (χ4v) is 3.62. The molecule has 0 aliphatic carbocycles. The van der Waals surface area contributed by atoms with Crippen LogP contribution in [-0.2, 0) is 0 Å². The predicted molar refractivity (Wildman–Crippen MR) is 108 cm³/mol. The Morgan fingerprint density at radius 1 is 1.00 bits per heavy atom. The number of carbonyl (C=O) groups is 1. The summed E-state index contributed by atoms with van der Waals surface area (Å²) in [7, 11) is 3.13. The molecule has 3 rings (SSSR count). The molecule has 0 aliphatic heterocycles. The van der Waals surface area contributed by atoms with Gasteiger partial charge in [-0.3, -0.25) is 4.79 Å². The topological polar surface area (TPSA) is 56.8 Å². The van der Waals surface area contributed by atoms with Gasteiger partial charge in [0.15, 0.2) is 0 Å². The lowest BCUT2D eigenvalue weighted by Crippen LogP contribution is -2.12. The molecule has 0 fully saturated rings. The number of hydrogen-bond acceptors (Lipinski definition) is 5. The van der Waals surface area contributed by atoms with E-state index < -0.39 is 0 Å². The maximum Gasteiger partial charge on any atom is 0.269 e. The van der Waals surface area contributed by atoms with E-state index in [1.165, 1.54) is 11.3 Å². The first kappa shape index (κ1) is 18.8. The SMILES string of the molecule is CCOc1cc(-c2ccccc2)sc1C(=O)Nc1ccc(OC)cc1OC. The van der Waals surface area contributed by atoms with Crippen LogP contribution in [-0.4, -0.2) is 26.7 Å². The molecule has 3 aromatic rings. The van der Waals surface area contributed by atoms with E-state index in [1.54, 1.807) is 32.4 Å². The minimum absolute atomic E-state index is 0.242. The van der Waals surface area contributed by atoms with Crippen molar-refractivity contribution in [3.63, 3.8) is 0 Å². The second kappa shape index (κ2) is 8.60. The molecule has 0 unspecified atom stereocenters. The molecule has 0 radical (unpaired) electrons. The highest BCUT2D eigenvalue weighted by atomic mass is 32.1. The highest BCUT2D eigenvalue weighted by molar-refractivity contribution is 7.17. The number of methoxy groups -OCH3 is 2. The molecule has 2 aromatic carbocycles. The van der Waals surface area contributed by atoms with Gasteiger partial charge in [-0.1, -0.05) is 30.3 Å². The van der Waals surface area contributed by atoms with E-state index >= 15 is 0 Å².